The first-order chi connectivity index (χ1) is 9.95. The molecular weight excluding hydrogens is 325 g/mol. The summed E-state index contributed by atoms with van der Waals surface area (Å²) in [6.45, 7) is 2.41. The molecule has 0 saturated heterocycles. The van der Waals surface area contributed by atoms with Crippen LogP contribution in [0.15, 0.2) is 10.5 Å². The van der Waals surface area contributed by atoms with Gasteiger partial charge in [-0.3, -0.25) is 0 Å². The van der Waals surface area contributed by atoms with Crippen LogP contribution in [0.3, 0.4) is 0 Å². The standard InChI is InChI=1S/C11H13F3N4OS2/c1-2-3-18-8(4-19)16-17-10(18)21-6-9-15-7(5-20-9)11(12,13)14/h5,19H,2-4,6H2,1H3. The second kappa shape index (κ2) is 6.75. The molecule has 0 spiro atoms. The fourth-order valence-corrected chi connectivity index (χ4v) is 3.43. The highest BCUT2D eigenvalue weighted by atomic mass is 32.2. The van der Waals surface area contributed by atoms with Crippen molar-refractivity contribution in [2.24, 2.45) is 0 Å². The molecule has 0 aromatic carbocycles. The summed E-state index contributed by atoms with van der Waals surface area (Å²) in [6.07, 6.45) is -3.57. The lowest BCUT2D eigenvalue weighted by Gasteiger charge is -2.06. The van der Waals surface area contributed by atoms with E-state index >= 15 is 0 Å². The molecule has 0 unspecified atom stereocenters. The minimum absolute atomic E-state index is 0.219. The molecule has 2 heterocycles. The number of alkyl halides is 3. The van der Waals surface area contributed by atoms with Crippen LogP contribution < -0.4 is 0 Å². The third-order valence-electron chi connectivity index (χ3n) is 2.55. The molecule has 2 rings (SSSR count). The fraction of sp³-hybridized carbons (Fsp3) is 0.545. The van der Waals surface area contributed by atoms with E-state index in [2.05, 4.69) is 15.2 Å². The van der Waals surface area contributed by atoms with Gasteiger partial charge in [-0.05, 0) is 6.42 Å². The molecule has 5 nitrogen and oxygen atoms in total. The Hall–Kier alpha value is -1.13. The van der Waals surface area contributed by atoms with E-state index in [-0.39, 0.29) is 12.4 Å². The average Bonchev–Trinajstić information content (AvgIpc) is 3.03. The molecular formula is C11H13F3N4OS2. The van der Waals surface area contributed by atoms with E-state index in [1.807, 2.05) is 6.92 Å². The summed E-state index contributed by atoms with van der Waals surface area (Å²) in [4.78, 5) is 3.57. The van der Waals surface area contributed by atoms with E-state index in [1.165, 1.54) is 11.8 Å². The second-order valence-corrected chi connectivity index (χ2v) is 6.01. The highest BCUT2D eigenvalue weighted by Gasteiger charge is 2.33. The highest BCUT2D eigenvalue weighted by molar-refractivity contribution is 7.98. The number of hydrogen-bond acceptors (Lipinski definition) is 6. The summed E-state index contributed by atoms with van der Waals surface area (Å²) < 4.78 is 39.2. The number of nitrogens with zero attached hydrogens (tertiary/aromatic N) is 4. The minimum atomic E-state index is -4.41. The van der Waals surface area contributed by atoms with Gasteiger partial charge in [-0.1, -0.05) is 18.7 Å². The summed E-state index contributed by atoms with van der Waals surface area (Å²) in [5.41, 5.74) is -0.867. The van der Waals surface area contributed by atoms with Gasteiger partial charge in [0.25, 0.3) is 0 Å². The monoisotopic (exact) mass is 338 g/mol. The van der Waals surface area contributed by atoms with Crippen molar-refractivity contribution in [3.8, 4) is 0 Å². The molecule has 0 fully saturated rings. The lowest BCUT2D eigenvalue weighted by Crippen LogP contribution is -2.05. The van der Waals surface area contributed by atoms with Gasteiger partial charge in [0, 0.05) is 11.9 Å². The van der Waals surface area contributed by atoms with Gasteiger partial charge in [0.15, 0.2) is 16.7 Å². The summed E-state index contributed by atoms with van der Waals surface area (Å²) in [5.74, 6) is 0.739. The van der Waals surface area contributed by atoms with Crippen LogP contribution in [0, 0.1) is 0 Å². The molecule has 0 saturated carbocycles. The van der Waals surface area contributed by atoms with Crippen molar-refractivity contribution in [1.29, 1.82) is 0 Å². The van der Waals surface area contributed by atoms with Crippen molar-refractivity contribution in [1.82, 2.24) is 19.7 Å². The van der Waals surface area contributed by atoms with Crippen molar-refractivity contribution < 1.29 is 18.3 Å². The number of aliphatic hydroxyl groups excluding tert-OH is 1. The first-order valence-electron chi connectivity index (χ1n) is 6.13. The predicted molar refractivity (Wildman–Crippen MR) is 72.9 cm³/mol. The van der Waals surface area contributed by atoms with E-state index in [0.29, 0.717) is 22.5 Å². The van der Waals surface area contributed by atoms with Gasteiger partial charge in [0.2, 0.25) is 0 Å². The van der Waals surface area contributed by atoms with Gasteiger partial charge in [-0.25, -0.2) is 4.98 Å². The first kappa shape index (κ1) is 16.2. The van der Waals surface area contributed by atoms with E-state index in [0.717, 1.165) is 23.1 Å². The van der Waals surface area contributed by atoms with Crippen LogP contribution in [0.2, 0.25) is 0 Å². The first-order valence-corrected chi connectivity index (χ1v) is 7.99. The molecule has 0 atom stereocenters. The van der Waals surface area contributed by atoms with Gasteiger partial charge in [-0.15, -0.1) is 21.5 Å². The largest absolute Gasteiger partial charge is 0.434 e. The van der Waals surface area contributed by atoms with Crippen LogP contribution in [0.25, 0.3) is 0 Å². The normalized spacial score (nSPS) is 12.0. The van der Waals surface area contributed by atoms with Crippen LogP contribution >= 0.6 is 23.1 Å². The quantitative estimate of drug-likeness (QED) is 0.821. The Labute approximate surface area is 127 Å². The van der Waals surface area contributed by atoms with Gasteiger partial charge in [-0.2, -0.15) is 13.2 Å². The molecule has 21 heavy (non-hydrogen) atoms. The second-order valence-electron chi connectivity index (χ2n) is 4.12. The van der Waals surface area contributed by atoms with Gasteiger partial charge < -0.3 is 9.67 Å². The summed E-state index contributed by atoms with van der Waals surface area (Å²) in [7, 11) is 0. The Morgan fingerprint density at radius 3 is 2.71 bits per heavy atom. The number of thiazole rings is 1. The fourth-order valence-electron chi connectivity index (χ4n) is 1.62. The average molecular weight is 338 g/mol. The zero-order valence-electron chi connectivity index (χ0n) is 11.1. The van der Waals surface area contributed by atoms with E-state index < -0.39 is 11.9 Å². The maximum absolute atomic E-state index is 12.5. The van der Waals surface area contributed by atoms with Crippen molar-refractivity contribution in [2.45, 2.75) is 43.6 Å². The highest BCUT2D eigenvalue weighted by Crippen LogP contribution is 2.32. The van der Waals surface area contributed by atoms with Crippen molar-refractivity contribution >= 4 is 23.1 Å². The lowest BCUT2D eigenvalue weighted by atomic mass is 10.4. The maximum atomic E-state index is 12.5. The minimum Gasteiger partial charge on any atom is -0.388 e. The molecule has 1 N–H and O–H groups in total. The molecule has 0 aliphatic rings. The molecule has 2 aromatic heterocycles. The number of aromatic nitrogens is 4. The Bertz CT molecular complexity index is 597. The Kier molecular flexibility index (Phi) is 5.22. The lowest BCUT2D eigenvalue weighted by molar-refractivity contribution is -0.140. The van der Waals surface area contributed by atoms with E-state index in [1.54, 1.807) is 4.57 Å². The Morgan fingerprint density at radius 1 is 1.38 bits per heavy atom. The van der Waals surface area contributed by atoms with Gasteiger partial charge in [0.1, 0.15) is 11.6 Å². The smallest absolute Gasteiger partial charge is 0.388 e. The van der Waals surface area contributed by atoms with E-state index in [4.69, 9.17) is 5.11 Å². The third kappa shape index (κ3) is 3.95. The number of hydrogen-bond donors (Lipinski definition) is 1. The molecule has 0 bridgehead atoms. The Balaban J connectivity index is 2.06. The molecule has 10 heteroatoms. The zero-order chi connectivity index (χ0) is 15.5. The van der Waals surface area contributed by atoms with Crippen molar-refractivity contribution in [3.63, 3.8) is 0 Å². The van der Waals surface area contributed by atoms with Gasteiger partial charge in [0.05, 0.1) is 5.75 Å². The van der Waals surface area contributed by atoms with Crippen molar-refractivity contribution in [3.05, 3.63) is 21.9 Å². The number of halogens is 3. The van der Waals surface area contributed by atoms with Crippen LogP contribution in [-0.2, 0) is 25.1 Å². The molecule has 2 aromatic rings. The van der Waals surface area contributed by atoms with Gasteiger partial charge >= 0.3 is 6.18 Å². The molecule has 116 valence electrons. The molecule has 0 amide bonds. The SMILES string of the molecule is CCCn1c(CO)nnc1SCc1nc(C(F)(F)F)cs1. The molecule has 0 aliphatic heterocycles. The molecule has 0 radical (unpaired) electrons. The van der Waals surface area contributed by atoms with Crippen LogP contribution in [0.1, 0.15) is 29.9 Å². The number of rotatable bonds is 6. The third-order valence-corrected chi connectivity index (χ3v) is 4.56. The van der Waals surface area contributed by atoms with Crippen LogP contribution in [0.4, 0.5) is 13.2 Å². The molecule has 0 aliphatic carbocycles. The Morgan fingerprint density at radius 2 is 2.14 bits per heavy atom. The topological polar surface area (TPSA) is 63.8 Å². The van der Waals surface area contributed by atoms with Crippen LogP contribution in [0.5, 0.6) is 0 Å². The maximum Gasteiger partial charge on any atom is 0.434 e. The van der Waals surface area contributed by atoms with E-state index in [9.17, 15) is 13.2 Å². The van der Waals surface area contributed by atoms with Crippen LogP contribution in [-0.4, -0.2) is 24.9 Å². The summed E-state index contributed by atoms with van der Waals surface area (Å²) >= 11 is 2.23. The summed E-state index contributed by atoms with van der Waals surface area (Å²) in [6, 6.07) is 0. The number of thioether (sulfide) groups is 1. The number of aliphatic hydroxyl groups is 1. The zero-order valence-corrected chi connectivity index (χ0v) is 12.7. The van der Waals surface area contributed by atoms with Crippen molar-refractivity contribution in [2.75, 3.05) is 0 Å². The predicted octanol–water partition coefficient (Wildman–Crippen LogP) is 2.95. The summed E-state index contributed by atoms with van der Waals surface area (Å²) in [5, 5.41) is 18.9.